The van der Waals surface area contributed by atoms with E-state index in [0.717, 1.165) is 0 Å². The molecular weight excluding hydrogens is 304 g/mol. The molecule has 0 fully saturated rings. The van der Waals surface area contributed by atoms with Crippen LogP contribution in [0.4, 0.5) is 0 Å². The van der Waals surface area contributed by atoms with Gasteiger partial charge in [-0.05, 0) is 31.2 Å². The maximum absolute atomic E-state index is 12.7. The number of allylic oxidation sites excluding steroid dienone is 1. The van der Waals surface area contributed by atoms with Crippen LogP contribution in [0, 0.1) is 0 Å². The van der Waals surface area contributed by atoms with Crippen molar-refractivity contribution in [2.45, 2.75) is 18.9 Å². The van der Waals surface area contributed by atoms with E-state index in [1.165, 1.54) is 6.08 Å². The molecule has 122 valence electrons. The highest BCUT2D eigenvalue weighted by molar-refractivity contribution is 6.10. The molecule has 3 rings (SSSR count). The van der Waals surface area contributed by atoms with Gasteiger partial charge < -0.3 is 14.9 Å². The number of rotatable bonds is 4. The van der Waals surface area contributed by atoms with Crippen molar-refractivity contribution in [1.29, 1.82) is 0 Å². The van der Waals surface area contributed by atoms with Crippen molar-refractivity contribution in [3.8, 4) is 5.75 Å². The van der Waals surface area contributed by atoms with Gasteiger partial charge in [-0.2, -0.15) is 0 Å². The summed E-state index contributed by atoms with van der Waals surface area (Å²) in [6.07, 6.45) is 3.14. The number of ether oxygens (including phenoxy) is 1. The largest absolute Gasteiger partial charge is 0.508 e. The third-order valence-electron chi connectivity index (χ3n) is 3.79. The summed E-state index contributed by atoms with van der Waals surface area (Å²) in [5, 5.41) is 20.0. The highest BCUT2D eigenvalue weighted by atomic mass is 16.5. The van der Waals surface area contributed by atoms with Crippen molar-refractivity contribution in [3.05, 3.63) is 89.4 Å². The van der Waals surface area contributed by atoms with Crippen LogP contribution in [0.5, 0.6) is 5.75 Å². The minimum atomic E-state index is -1.10. The molecule has 1 unspecified atom stereocenters. The second-order valence-electron chi connectivity index (χ2n) is 5.97. The molecule has 2 aromatic rings. The molecule has 0 saturated carbocycles. The molecule has 0 amide bonds. The maximum Gasteiger partial charge on any atom is 0.196 e. The predicted octanol–water partition coefficient (Wildman–Crippen LogP) is 3.78. The lowest BCUT2D eigenvalue weighted by molar-refractivity contribution is 0.0916. The normalized spacial score (nSPS) is 20.1. The van der Waals surface area contributed by atoms with Gasteiger partial charge in [0.25, 0.3) is 0 Å². The zero-order valence-electron chi connectivity index (χ0n) is 13.3. The molecule has 0 radical (unpaired) electrons. The van der Waals surface area contributed by atoms with Crippen LogP contribution >= 0.6 is 0 Å². The quantitative estimate of drug-likeness (QED) is 0.841. The van der Waals surface area contributed by atoms with Crippen LogP contribution < -0.4 is 4.74 Å². The molecular formula is C20H18O4. The van der Waals surface area contributed by atoms with Gasteiger partial charge in [-0.25, -0.2) is 0 Å². The lowest BCUT2D eigenvalue weighted by Gasteiger charge is -2.24. The Balaban J connectivity index is 1.91. The van der Waals surface area contributed by atoms with E-state index < -0.39 is 5.60 Å². The first-order valence-corrected chi connectivity index (χ1v) is 7.67. The zero-order valence-corrected chi connectivity index (χ0v) is 13.3. The Morgan fingerprint density at radius 1 is 1.08 bits per heavy atom. The van der Waals surface area contributed by atoms with Gasteiger partial charge in [0.05, 0.1) is 11.2 Å². The Kier molecular flexibility index (Phi) is 4.23. The number of hydrogen-bond acceptors (Lipinski definition) is 4. The topological polar surface area (TPSA) is 66.8 Å². The number of ketones is 1. The Labute approximate surface area is 140 Å². The number of carbonyl (C=O) groups excluding carboxylic acids is 1. The Hall–Kier alpha value is -2.85. The molecule has 0 heterocycles. The van der Waals surface area contributed by atoms with Crippen molar-refractivity contribution < 1.29 is 19.7 Å². The summed E-state index contributed by atoms with van der Waals surface area (Å²) >= 11 is 0. The fraction of sp³-hybridized carbons (Fsp3) is 0.150. The van der Waals surface area contributed by atoms with Gasteiger partial charge in [-0.3, -0.25) is 4.79 Å². The minimum absolute atomic E-state index is 0.0514. The molecule has 24 heavy (non-hydrogen) atoms. The molecule has 4 heteroatoms. The van der Waals surface area contributed by atoms with E-state index in [1.54, 1.807) is 61.5 Å². The molecule has 4 nitrogen and oxygen atoms in total. The van der Waals surface area contributed by atoms with Crippen LogP contribution in [0.15, 0.2) is 78.3 Å². The van der Waals surface area contributed by atoms with Gasteiger partial charge in [0, 0.05) is 12.0 Å². The molecule has 0 aromatic heterocycles. The van der Waals surface area contributed by atoms with Crippen molar-refractivity contribution >= 4 is 5.78 Å². The molecule has 0 spiro atoms. The van der Waals surface area contributed by atoms with Crippen LogP contribution in [0.25, 0.3) is 0 Å². The first-order valence-electron chi connectivity index (χ1n) is 7.67. The van der Waals surface area contributed by atoms with Gasteiger partial charge in [0.1, 0.15) is 11.5 Å². The highest BCUT2D eigenvalue weighted by Crippen LogP contribution is 2.29. The molecule has 0 bridgehead atoms. The van der Waals surface area contributed by atoms with E-state index in [0.29, 0.717) is 16.9 Å². The summed E-state index contributed by atoms with van der Waals surface area (Å²) in [4.78, 5) is 12.7. The van der Waals surface area contributed by atoms with Crippen molar-refractivity contribution in [2.75, 3.05) is 0 Å². The highest BCUT2D eigenvalue weighted by Gasteiger charge is 2.26. The average Bonchev–Trinajstić information content (AvgIpc) is 2.57. The van der Waals surface area contributed by atoms with E-state index in [1.807, 2.05) is 6.07 Å². The van der Waals surface area contributed by atoms with Crippen LogP contribution in [-0.4, -0.2) is 21.6 Å². The summed E-state index contributed by atoms with van der Waals surface area (Å²) in [7, 11) is 0. The summed E-state index contributed by atoms with van der Waals surface area (Å²) in [5.41, 5.74) is -0.125. The van der Waals surface area contributed by atoms with Gasteiger partial charge in [-0.15, -0.1) is 0 Å². The van der Waals surface area contributed by atoms with E-state index in [4.69, 9.17) is 4.74 Å². The number of benzene rings is 2. The SMILES string of the molecule is CC1(O)C=CC(Oc2ccccc2C(=O)c2ccccc2)=C(O)C1. The number of para-hydroxylation sites is 1. The summed E-state index contributed by atoms with van der Waals surface area (Å²) in [6.45, 7) is 1.60. The Morgan fingerprint density at radius 3 is 2.46 bits per heavy atom. The summed E-state index contributed by atoms with van der Waals surface area (Å²) in [6, 6.07) is 15.8. The van der Waals surface area contributed by atoms with Crippen molar-refractivity contribution in [2.24, 2.45) is 0 Å². The van der Waals surface area contributed by atoms with Crippen LogP contribution in [0.1, 0.15) is 29.3 Å². The van der Waals surface area contributed by atoms with Crippen LogP contribution in [0.2, 0.25) is 0 Å². The summed E-state index contributed by atoms with van der Waals surface area (Å²) < 4.78 is 5.75. The molecule has 2 N–H and O–H groups in total. The maximum atomic E-state index is 12.7. The third-order valence-corrected chi connectivity index (χ3v) is 3.79. The minimum Gasteiger partial charge on any atom is -0.508 e. The number of hydrogen-bond donors (Lipinski definition) is 2. The second kappa shape index (κ2) is 6.34. The molecule has 1 aliphatic carbocycles. The lowest BCUT2D eigenvalue weighted by Crippen LogP contribution is -2.25. The zero-order chi connectivity index (χ0) is 17.2. The van der Waals surface area contributed by atoms with Gasteiger partial charge in [-0.1, -0.05) is 42.5 Å². The molecule has 2 aromatic carbocycles. The van der Waals surface area contributed by atoms with E-state index >= 15 is 0 Å². The Morgan fingerprint density at radius 2 is 1.75 bits per heavy atom. The number of aliphatic hydroxyl groups excluding tert-OH is 1. The third kappa shape index (κ3) is 3.39. The number of aliphatic hydroxyl groups is 2. The second-order valence-corrected chi connectivity index (χ2v) is 5.97. The summed E-state index contributed by atoms with van der Waals surface area (Å²) in [5.74, 6) is 0.386. The molecule has 1 atom stereocenters. The monoisotopic (exact) mass is 322 g/mol. The van der Waals surface area contributed by atoms with Gasteiger partial charge in [0.2, 0.25) is 0 Å². The first kappa shape index (κ1) is 16.0. The van der Waals surface area contributed by atoms with Crippen molar-refractivity contribution in [3.63, 3.8) is 0 Å². The average molecular weight is 322 g/mol. The van der Waals surface area contributed by atoms with Gasteiger partial charge >= 0.3 is 0 Å². The first-order chi connectivity index (χ1) is 11.5. The molecule has 0 saturated heterocycles. The smallest absolute Gasteiger partial charge is 0.196 e. The Bertz CT molecular complexity index is 817. The van der Waals surface area contributed by atoms with E-state index in [9.17, 15) is 15.0 Å². The fourth-order valence-electron chi connectivity index (χ4n) is 2.54. The van der Waals surface area contributed by atoms with Crippen molar-refractivity contribution in [1.82, 2.24) is 0 Å². The van der Waals surface area contributed by atoms with Crippen LogP contribution in [-0.2, 0) is 0 Å². The van der Waals surface area contributed by atoms with Crippen LogP contribution in [0.3, 0.4) is 0 Å². The van der Waals surface area contributed by atoms with E-state index in [2.05, 4.69) is 0 Å². The predicted molar refractivity (Wildman–Crippen MR) is 91.0 cm³/mol. The standard InChI is InChI=1S/C20H18O4/c1-20(23)12-11-18(16(21)13-20)24-17-10-6-5-9-15(17)19(22)14-7-3-2-4-8-14/h2-12,21,23H,13H2,1H3. The van der Waals surface area contributed by atoms with E-state index in [-0.39, 0.29) is 23.7 Å². The number of carbonyl (C=O) groups is 1. The van der Waals surface area contributed by atoms with Gasteiger partial charge in [0.15, 0.2) is 11.5 Å². The lowest BCUT2D eigenvalue weighted by atomic mass is 9.95. The molecule has 0 aliphatic heterocycles. The molecule has 1 aliphatic rings. The fourth-order valence-corrected chi connectivity index (χ4v) is 2.54.